The number of carbonyl (C=O) groups is 3. The second-order valence-corrected chi connectivity index (χ2v) is 6.26. The minimum absolute atomic E-state index is 0.201. The molecule has 2 aliphatic heterocycles. The number of nitrogens with two attached hydrogens (primary N) is 1. The number of fused-ring (bicyclic) bond motifs is 1. The van der Waals surface area contributed by atoms with Crippen LogP contribution in [-0.4, -0.2) is 48.2 Å². The number of hydrogen-bond donors (Lipinski definition) is 3. The Labute approximate surface area is 140 Å². The Morgan fingerprint density at radius 1 is 1.50 bits per heavy atom. The maximum atomic E-state index is 12.7. The van der Waals surface area contributed by atoms with Crippen molar-refractivity contribution in [1.82, 2.24) is 10.2 Å². The maximum Gasteiger partial charge on any atom is 0.255 e. The van der Waals surface area contributed by atoms with Gasteiger partial charge in [-0.05, 0) is 31.5 Å². The molecule has 7 heteroatoms. The van der Waals surface area contributed by atoms with Crippen molar-refractivity contribution >= 4 is 23.8 Å². The van der Waals surface area contributed by atoms with Crippen LogP contribution in [0.15, 0.2) is 18.2 Å². The van der Waals surface area contributed by atoms with Crippen LogP contribution in [0, 0.1) is 0 Å². The second-order valence-electron chi connectivity index (χ2n) is 6.26. The Balaban J connectivity index is 1.83. The zero-order valence-electron chi connectivity index (χ0n) is 13.5. The summed E-state index contributed by atoms with van der Waals surface area (Å²) in [4.78, 5) is 36.5. The average molecular weight is 330 g/mol. The normalized spacial score (nSPS) is 20.8. The molecule has 0 aromatic heterocycles. The standard InChI is InChI=1S/C17H22N4O3/c18-16(23)15(5-2-8-22)21-10-13-12(17(21)24)3-1-4-14(13)20-11-6-7-19-9-11/h1,3-4,8,11,15,19-20H,2,5-7,9-10H2,(H2,18,23). The van der Waals surface area contributed by atoms with Crippen LogP contribution in [0.25, 0.3) is 0 Å². The molecule has 128 valence electrons. The van der Waals surface area contributed by atoms with E-state index in [1.807, 2.05) is 12.1 Å². The number of primary amides is 1. The molecule has 0 saturated carbocycles. The van der Waals surface area contributed by atoms with Gasteiger partial charge in [-0.3, -0.25) is 9.59 Å². The molecule has 0 spiro atoms. The van der Waals surface area contributed by atoms with Gasteiger partial charge in [-0.1, -0.05) is 6.07 Å². The van der Waals surface area contributed by atoms with Gasteiger partial charge in [0.25, 0.3) is 5.91 Å². The number of aldehydes is 1. The topological polar surface area (TPSA) is 105 Å². The molecule has 1 saturated heterocycles. The summed E-state index contributed by atoms with van der Waals surface area (Å²) in [5.41, 5.74) is 7.87. The molecule has 24 heavy (non-hydrogen) atoms. The molecule has 2 atom stereocenters. The molecule has 1 aromatic carbocycles. The molecule has 0 radical (unpaired) electrons. The van der Waals surface area contributed by atoms with E-state index >= 15 is 0 Å². The first-order valence-corrected chi connectivity index (χ1v) is 8.25. The fraction of sp³-hybridized carbons (Fsp3) is 0.471. The van der Waals surface area contributed by atoms with E-state index in [9.17, 15) is 14.4 Å². The number of nitrogens with zero attached hydrogens (tertiary/aromatic N) is 1. The van der Waals surface area contributed by atoms with Crippen molar-refractivity contribution in [2.24, 2.45) is 5.73 Å². The van der Waals surface area contributed by atoms with E-state index in [1.54, 1.807) is 6.07 Å². The average Bonchev–Trinajstić information content (AvgIpc) is 3.18. The third-order valence-electron chi connectivity index (χ3n) is 4.68. The van der Waals surface area contributed by atoms with Crippen LogP contribution < -0.4 is 16.4 Å². The van der Waals surface area contributed by atoms with Crippen LogP contribution in [0.5, 0.6) is 0 Å². The number of nitrogens with one attached hydrogen (secondary N) is 2. The third kappa shape index (κ3) is 3.12. The largest absolute Gasteiger partial charge is 0.381 e. The monoisotopic (exact) mass is 330 g/mol. The molecule has 2 amide bonds. The van der Waals surface area contributed by atoms with Crippen LogP contribution in [0.2, 0.25) is 0 Å². The lowest BCUT2D eigenvalue weighted by Gasteiger charge is -2.24. The summed E-state index contributed by atoms with van der Waals surface area (Å²) < 4.78 is 0. The van der Waals surface area contributed by atoms with Gasteiger partial charge >= 0.3 is 0 Å². The second kappa shape index (κ2) is 7.00. The highest BCUT2D eigenvalue weighted by Crippen LogP contribution is 2.32. The van der Waals surface area contributed by atoms with E-state index in [1.165, 1.54) is 4.90 Å². The zero-order chi connectivity index (χ0) is 17.1. The van der Waals surface area contributed by atoms with Crippen molar-refractivity contribution in [2.75, 3.05) is 18.4 Å². The fourth-order valence-corrected chi connectivity index (χ4v) is 3.42. The van der Waals surface area contributed by atoms with E-state index in [-0.39, 0.29) is 18.7 Å². The molecule has 2 aliphatic rings. The van der Waals surface area contributed by atoms with Crippen molar-refractivity contribution in [1.29, 1.82) is 0 Å². The quantitative estimate of drug-likeness (QED) is 0.622. The van der Waals surface area contributed by atoms with Gasteiger partial charge in [0.05, 0.1) is 0 Å². The van der Waals surface area contributed by atoms with E-state index in [2.05, 4.69) is 10.6 Å². The van der Waals surface area contributed by atoms with Crippen LogP contribution in [0.3, 0.4) is 0 Å². The van der Waals surface area contributed by atoms with Gasteiger partial charge in [0.15, 0.2) is 0 Å². The molecule has 3 rings (SSSR count). The first-order valence-electron chi connectivity index (χ1n) is 8.25. The molecular formula is C17H22N4O3. The summed E-state index contributed by atoms with van der Waals surface area (Å²) in [5, 5.41) is 6.78. The summed E-state index contributed by atoms with van der Waals surface area (Å²) in [6.45, 7) is 2.21. The van der Waals surface area contributed by atoms with Crippen molar-refractivity contribution in [3.8, 4) is 0 Å². The SMILES string of the molecule is NC(=O)C(CCC=O)N1Cc2c(NC3CCNC3)cccc2C1=O. The van der Waals surface area contributed by atoms with Gasteiger partial charge in [-0.25, -0.2) is 0 Å². The summed E-state index contributed by atoms with van der Waals surface area (Å²) in [6.07, 6.45) is 2.23. The molecule has 7 nitrogen and oxygen atoms in total. The summed E-state index contributed by atoms with van der Waals surface area (Å²) in [5.74, 6) is -0.777. The van der Waals surface area contributed by atoms with Gasteiger partial charge in [0.2, 0.25) is 5.91 Å². The lowest BCUT2D eigenvalue weighted by molar-refractivity contribution is -0.122. The molecule has 1 aromatic rings. The third-order valence-corrected chi connectivity index (χ3v) is 4.68. The smallest absolute Gasteiger partial charge is 0.255 e. The van der Waals surface area contributed by atoms with Crippen LogP contribution in [0.1, 0.15) is 35.2 Å². The predicted molar refractivity (Wildman–Crippen MR) is 89.5 cm³/mol. The minimum Gasteiger partial charge on any atom is -0.381 e. The first kappa shape index (κ1) is 16.4. The van der Waals surface area contributed by atoms with Gasteiger partial charge in [0.1, 0.15) is 12.3 Å². The number of rotatable bonds is 7. The molecule has 0 aliphatic carbocycles. The summed E-state index contributed by atoms with van der Waals surface area (Å²) in [6, 6.07) is 5.15. The highest BCUT2D eigenvalue weighted by Gasteiger charge is 2.36. The van der Waals surface area contributed by atoms with E-state index in [0.29, 0.717) is 18.2 Å². The highest BCUT2D eigenvalue weighted by molar-refractivity contribution is 6.02. The van der Waals surface area contributed by atoms with Crippen LogP contribution in [-0.2, 0) is 16.1 Å². The Hall–Kier alpha value is -2.41. The summed E-state index contributed by atoms with van der Waals surface area (Å²) in [7, 11) is 0. The molecule has 0 bridgehead atoms. The van der Waals surface area contributed by atoms with E-state index < -0.39 is 11.9 Å². The molecular weight excluding hydrogens is 308 g/mol. The van der Waals surface area contributed by atoms with Crippen molar-refractivity contribution < 1.29 is 14.4 Å². The Kier molecular flexibility index (Phi) is 4.80. The van der Waals surface area contributed by atoms with Gasteiger partial charge in [-0.2, -0.15) is 0 Å². The molecule has 2 unspecified atom stereocenters. The van der Waals surface area contributed by atoms with Gasteiger partial charge in [0, 0.05) is 42.4 Å². The zero-order valence-corrected chi connectivity index (χ0v) is 13.5. The number of anilines is 1. The minimum atomic E-state index is -0.754. The molecule has 2 heterocycles. The lowest BCUT2D eigenvalue weighted by atomic mass is 10.1. The Morgan fingerprint density at radius 3 is 3.00 bits per heavy atom. The van der Waals surface area contributed by atoms with Crippen LogP contribution in [0.4, 0.5) is 5.69 Å². The van der Waals surface area contributed by atoms with Crippen molar-refractivity contribution in [3.05, 3.63) is 29.3 Å². The summed E-state index contributed by atoms with van der Waals surface area (Å²) >= 11 is 0. The van der Waals surface area contributed by atoms with Gasteiger partial charge < -0.3 is 26.1 Å². The maximum absolute atomic E-state index is 12.7. The number of amides is 2. The number of hydrogen-bond acceptors (Lipinski definition) is 5. The lowest BCUT2D eigenvalue weighted by Crippen LogP contribution is -2.44. The Bertz CT molecular complexity index is 655. The van der Waals surface area contributed by atoms with E-state index in [4.69, 9.17) is 5.73 Å². The fourth-order valence-electron chi connectivity index (χ4n) is 3.42. The van der Waals surface area contributed by atoms with Crippen molar-refractivity contribution in [3.63, 3.8) is 0 Å². The molecule has 4 N–H and O–H groups in total. The van der Waals surface area contributed by atoms with Crippen LogP contribution >= 0.6 is 0 Å². The number of benzene rings is 1. The molecule has 1 fully saturated rings. The predicted octanol–water partition coefficient (Wildman–Crippen LogP) is 0.249. The van der Waals surface area contributed by atoms with Gasteiger partial charge in [-0.15, -0.1) is 0 Å². The van der Waals surface area contributed by atoms with E-state index in [0.717, 1.165) is 37.0 Å². The van der Waals surface area contributed by atoms with Crippen molar-refractivity contribution in [2.45, 2.75) is 37.9 Å². The Morgan fingerprint density at radius 2 is 2.33 bits per heavy atom. The number of carbonyl (C=O) groups excluding carboxylic acids is 3. The highest BCUT2D eigenvalue weighted by atomic mass is 16.2. The first-order chi connectivity index (χ1) is 11.6.